The van der Waals surface area contributed by atoms with E-state index in [4.69, 9.17) is 4.74 Å². The molecule has 3 nitrogen and oxygen atoms in total. The zero-order chi connectivity index (χ0) is 11.4. The lowest BCUT2D eigenvalue weighted by molar-refractivity contribution is 0.101. The summed E-state index contributed by atoms with van der Waals surface area (Å²) < 4.78 is 5.64. The van der Waals surface area contributed by atoms with Gasteiger partial charge >= 0.3 is 0 Å². The van der Waals surface area contributed by atoms with E-state index in [1.165, 1.54) is 12.8 Å². The van der Waals surface area contributed by atoms with E-state index in [2.05, 4.69) is 4.90 Å². The summed E-state index contributed by atoms with van der Waals surface area (Å²) in [5.74, 6) is 0.919. The van der Waals surface area contributed by atoms with Crippen LogP contribution >= 0.6 is 0 Å². The number of hydrogen-bond acceptors (Lipinski definition) is 3. The minimum Gasteiger partial charge on any atom is -0.478 e. The van der Waals surface area contributed by atoms with E-state index in [1.54, 1.807) is 6.92 Å². The maximum atomic E-state index is 11.1. The summed E-state index contributed by atoms with van der Waals surface area (Å²) in [5.41, 5.74) is 0.730. The summed E-state index contributed by atoms with van der Waals surface area (Å²) in [6.45, 7) is 4.48. The standard InChI is InChI=1S/C13H17NO2/c1-11(15)12-4-6-13(7-5-12)16-10-14-8-2-3-9-14/h4-7H,2-3,8-10H2,1H3. The van der Waals surface area contributed by atoms with Crippen molar-refractivity contribution in [1.82, 2.24) is 4.90 Å². The van der Waals surface area contributed by atoms with Gasteiger partial charge in [0.25, 0.3) is 0 Å². The van der Waals surface area contributed by atoms with E-state index in [1.807, 2.05) is 24.3 Å². The number of carbonyl (C=O) groups excluding carboxylic acids is 1. The lowest BCUT2D eigenvalue weighted by atomic mass is 10.1. The fraction of sp³-hybridized carbons (Fsp3) is 0.462. The second kappa shape index (κ2) is 5.12. The molecule has 1 aromatic rings. The number of rotatable bonds is 4. The van der Waals surface area contributed by atoms with E-state index in [0.29, 0.717) is 6.73 Å². The Morgan fingerprint density at radius 2 is 1.88 bits per heavy atom. The quantitative estimate of drug-likeness (QED) is 0.728. The average molecular weight is 219 g/mol. The predicted molar refractivity (Wildman–Crippen MR) is 62.7 cm³/mol. The Balaban J connectivity index is 1.87. The van der Waals surface area contributed by atoms with Crippen molar-refractivity contribution in [2.45, 2.75) is 19.8 Å². The number of hydrogen-bond donors (Lipinski definition) is 0. The Bertz CT molecular complexity index is 353. The predicted octanol–water partition coefficient (Wildman–Crippen LogP) is 2.32. The summed E-state index contributed by atoms with van der Waals surface area (Å²) in [5, 5.41) is 0. The van der Waals surface area contributed by atoms with E-state index in [9.17, 15) is 4.79 Å². The third-order valence-electron chi connectivity index (χ3n) is 2.87. The third-order valence-corrected chi connectivity index (χ3v) is 2.87. The maximum absolute atomic E-state index is 11.1. The van der Waals surface area contributed by atoms with Gasteiger partial charge in [0.1, 0.15) is 12.5 Å². The van der Waals surface area contributed by atoms with Crippen LogP contribution in [0.25, 0.3) is 0 Å². The Kier molecular flexibility index (Phi) is 3.57. The fourth-order valence-electron chi connectivity index (χ4n) is 1.86. The van der Waals surface area contributed by atoms with Gasteiger partial charge in [-0.2, -0.15) is 0 Å². The number of benzene rings is 1. The summed E-state index contributed by atoms with van der Waals surface area (Å²) in [7, 11) is 0. The van der Waals surface area contributed by atoms with Gasteiger partial charge in [0, 0.05) is 18.7 Å². The molecule has 1 aromatic carbocycles. The van der Waals surface area contributed by atoms with Gasteiger partial charge in [-0.05, 0) is 44.0 Å². The first-order chi connectivity index (χ1) is 7.75. The van der Waals surface area contributed by atoms with Crippen molar-refractivity contribution < 1.29 is 9.53 Å². The molecule has 86 valence electrons. The number of nitrogens with zero attached hydrogens (tertiary/aromatic N) is 1. The summed E-state index contributed by atoms with van der Waals surface area (Å²) in [4.78, 5) is 13.4. The molecule has 0 radical (unpaired) electrons. The molecule has 0 atom stereocenters. The molecule has 0 unspecified atom stereocenters. The Morgan fingerprint density at radius 1 is 1.25 bits per heavy atom. The van der Waals surface area contributed by atoms with Crippen molar-refractivity contribution >= 4 is 5.78 Å². The van der Waals surface area contributed by atoms with Gasteiger partial charge in [0.05, 0.1) is 0 Å². The van der Waals surface area contributed by atoms with Crippen molar-refractivity contribution in [3.8, 4) is 5.75 Å². The zero-order valence-electron chi connectivity index (χ0n) is 9.61. The Morgan fingerprint density at radius 3 is 2.44 bits per heavy atom. The fourth-order valence-corrected chi connectivity index (χ4v) is 1.86. The van der Waals surface area contributed by atoms with Crippen LogP contribution in [-0.2, 0) is 0 Å². The maximum Gasteiger partial charge on any atom is 0.159 e. The van der Waals surface area contributed by atoms with E-state index < -0.39 is 0 Å². The molecule has 0 aliphatic carbocycles. The van der Waals surface area contributed by atoms with Crippen LogP contribution in [0, 0.1) is 0 Å². The molecule has 0 saturated carbocycles. The van der Waals surface area contributed by atoms with Crippen LogP contribution in [0.5, 0.6) is 5.75 Å². The van der Waals surface area contributed by atoms with Crippen molar-refractivity contribution in [2.24, 2.45) is 0 Å². The van der Waals surface area contributed by atoms with Crippen LogP contribution in [-0.4, -0.2) is 30.5 Å². The largest absolute Gasteiger partial charge is 0.478 e. The molecule has 1 heterocycles. The minimum atomic E-state index is 0.0890. The van der Waals surface area contributed by atoms with Crippen LogP contribution in [0.2, 0.25) is 0 Å². The first-order valence-electron chi connectivity index (χ1n) is 5.72. The SMILES string of the molecule is CC(=O)c1ccc(OCN2CCCC2)cc1. The lowest BCUT2D eigenvalue weighted by Gasteiger charge is -2.15. The molecule has 0 bridgehead atoms. The molecular formula is C13H17NO2. The number of carbonyl (C=O) groups is 1. The molecule has 16 heavy (non-hydrogen) atoms. The smallest absolute Gasteiger partial charge is 0.159 e. The highest BCUT2D eigenvalue weighted by molar-refractivity contribution is 5.94. The van der Waals surface area contributed by atoms with Crippen LogP contribution in [0.3, 0.4) is 0 Å². The highest BCUT2D eigenvalue weighted by Crippen LogP contribution is 2.14. The molecule has 0 aromatic heterocycles. The lowest BCUT2D eigenvalue weighted by Crippen LogP contribution is -2.24. The molecule has 1 fully saturated rings. The highest BCUT2D eigenvalue weighted by Gasteiger charge is 2.11. The van der Waals surface area contributed by atoms with Gasteiger partial charge in [0.15, 0.2) is 5.78 Å². The Labute approximate surface area is 96.0 Å². The number of ether oxygens (including phenoxy) is 1. The molecule has 1 aliphatic rings. The second-order valence-electron chi connectivity index (χ2n) is 4.18. The monoisotopic (exact) mass is 219 g/mol. The number of Topliss-reactive ketones (excluding diaryl/α,β-unsaturated/α-hetero) is 1. The molecule has 1 aliphatic heterocycles. The highest BCUT2D eigenvalue weighted by atomic mass is 16.5. The van der Waals surface area contributed by atoms with E-state index in [0.717, 1.165) is 24.4 Å². The van der Waals surface area contributed by atoms with Gasteiger partial charge in [0.2, 0.25) is 0 Å². The molecule has 1 saturated heterocycles. The normalized spacial score (nSPS) is 16.3. The first-order valence-corrected chi connectivity index (χ1v) is 5.72. The van der Waals surface area contributed by atoms with Crippen molar-refractivity contribution in [2.75, 3.05) is 19.8 Å². The third kappa shape index (κ3) is 2.83. The van der Waals surface area contributed by atoms with Crippen LogP contribution in [0.4, 0.5) is 0 Å². The minimum absolute atomic E-state index is 0.0890. The van der Waals surface area contributed by atoms with Crippen LogP contribution in [0.1, 0.15) is 30.1 Å². The Hall–Kier alpha value is -1.35. The van der Waals surface area contributed by atoms with E-state index >= 15 is 0 Å². The second-order valence-corrected chi connectivity index (χ2v) is 4.18. The van der Waals surface area contributed by atoms with Crippen molar-refractivity contribution in [3.63, 3.8) is 0 Å². The van der Waals surface area contributed by atoms with Crippen LogP contribution < -0.4 is 4.74 Å². The summed E-state index contributed by atoms with van der Waals surface area (Å²) >= 11 is 0. The molecular weight excluding hydrogens is 202 g/mol. The van der Waals surface area contributed by atoms with Crippen molar-refractivity contribution in [3.05, 3.63) is 29.8 Å². The number of likely N-dealkylation sites (tertiary alicyclic amines) is 1. The molecule has 2 rings (SSSR count). The summed E-state index contributed by atoms with van der Waals surface area (Å²) in [6.07, 6.45) is 2.54. The molecule has 0 N–H and O–H groups in total. The van der Waals surface area contributed by atoms with Gasteiger partial charge in [-0.3, -0.25) is 9.69 Å². The molecule has 0 spiro atoms. The topological polar surface area (TPSA) is 29.5 Å². The molecule has 0 amide bonds. The summed E-state index contributed by atoms with van der Waals surface area (Å²) in [6, 6.07) is 7.32. The number of ketones is 1. The van der Waals surface area contributed by atoms with Gasteiger partial charge in [-0.15, -0.1) is 0 Å². The zero-order valence-corrected chi connectivity index (χ0v) is 9.61. The van der Waals surface area contributed by atoms with Gasteiger partial charge < -0.3 is 4.74 Å². The van der Waals surface area contributed by atoms with Crippen molar-refractivity contribution in [1.29, 1.82) is 0 Å². The average Bonchev–Trinajstić information content (AvgIpc) is 2.80. The molecule has 3 heteroatoms. The van der Waals surface area contributed by atoms with Gasteiger partial charge in [-0.1, -0.05) is 0 Å². The van der Waals surface area contributed by atoms with Gasteiger partial charge in [-0.25, -0.2) is 0 Å². The first kappa shape index (κ1) is 11.1. The van der Waals surface area contributed by atoms with E-state index in [-0.39, 0.29) is 5.78 Å². The van der Waals surface area contributed by atoms with Crippen LogP contribution in [0.15, 0.2) is 24.3 Å².